The summed E-state index contributed by atoms with van der Waals surface area (Å²) in [6, 6.07) is 21.1. The highest BCUT2D eigenvalue weighted by atomic mass is 35.5. The number of imidazole rings is 1. The van der Waals surface area contributed by atoms with E-state index in [9.17, 15) is 4.39 Å². The van der Waals surface area contributed by atoms with E-state index in [4.69, 9.17) is 17.3 Å². The van der Waals surface area contributed by atoms with Gasteiger partial charge in [0.25, 0.3) is 0 Å². The average molecular weight is 459 g/mol. The second kappa shape index (κ2) is 9.22. The summed E-state index contributed by atoms with van der Waals surface area (Å²) in [5, 5.41) is 0.704. The molecule has 4 nitrogen and oxygen atoms in total. The largest absolute Gasteiger partial charge is 0.368 e. The van der Waals surface area contributed by atoms with Crippen LogP contribution in [0.4, 0.5) is 4.39 Å². The number of halogens is 2. The van der Waals surface area contributed by atoms with Crippen molar-refractivity contribution in [2.75, 3.05) is 6.54 Å². The van der Waals surface area contributed by atoms with Gasteiger partial charge in [0.05, 0.1) is 22.4 Å². The average Bonchev–Trinajstić information content (AvgIpc) is 3.21. The van der Waals surface area contributed by atoms with E-state index < -0.39 is 0 Å². The summed E-state index contributed by atoms with van der Waals surface area (Å²) in [5.74, 6) is -0.234. The van der Waals surface area contributed by atoms with Gasteiger partial charge in [0.2, 0.25) is 0 Å². The van der Waals surface area contributed by atoms with Crippen molar-refractivity contribution in [3.8, 4) is 0 Å². The molecule has 1 aromatic heterocycles. The molecule has 1 aliphatic rings. The molecule has 166 valence electrons. The second-order valence-electron chi connectivity index (χ2n) is 8.25. The van der Waals surface area contributed by atoms with Gasteiger partial charge in [-0.05, 0) is 52.1 Å². The number of nitrogens with zero attached hydrogens (tertiary/aromatic N) is 3. The zero-order chi connectivity index (χ0) is 22.8. The standard InChI is InChI=1S/C27H24ClFN4/c28-25-17-32(15-20-6-4-19(14-30)5-7-20)11-10-24(25)22-8-9-26-27(13-22)33(18-31-26)16-21-2-1-3-23(29)12-21/h1-10,12-13,17-18H,11,14-16,30H2. The van der Waals surface area contributed by atoms with Crippen LogP contribution in [0.15, 0.2) is 90.4 Å². The summed E-state index contributed by atoms with van der Waals surface area (Å²) in [7, 11) is 0. The first-order chi connectivity index (χ1) is 16.1. The molecule has 33 heavy (non-hydrogen) atoms. The molecule has 4 aromatic rings. The van der Waals surface area contributed by atoms with Crippen molar-refractivity contribution in [2.45, 2.75) is 19.6 Å². The van der Waals surface area contributed by atoms with E-state index in [0.717, 1.165) is 46.4 Å². The molecule has 0 aliphatic carbocycles. The quantitative estimate of drug-likeness (QED) is 0.405. The Balaban J connectivity index is 1.36. The summed E-state index contributed by atoms with van der Waals surface area (Å²) >= 11 is 6.71. The number of aromatic nitrogens is 2. The Bertz CT molecular complexity index is 1350. The highest BCUT2D eigenvalue weighted by molar-refractivity contribution is 6.37. The molecule has 5 rings (SSSR count). The van der Waals surface area contributed by atoms with Gasteiger partial charge in [-0.2, -0.15) is 0 Å². The minimum atomic E-state index is -0.234. The molecule has 2 N–H and O–H groups in total. The predicted octanol–water partition coefficient (Wildman–Crippen LogP) is 5.66. The first-order valence-electron chi connectivity index (χ1n) is 10.9. The van der Waals surface area contributed by atoms with Gasteiger partial charge in [-0.15, -0.1) is 0 Å². The van der Waals surface area contributed by atoms with E-state index in [1.807, 2.05) is 29.0 Å². The van der Waals surface area contributed by atoms with Crippen LogP contribution in [0, 0.1) is 5.82 Å². The molecule has 0 unspecified atom stereocenters. The fraction of sp³-hybridized carbons (Fsp3) is 0.148. The first kappa shape index (κ1) is 21.4. The maximum atomic E-state index is 13.6. The highest BCUT2D eigenvalue weighted by Gasteiger charge is 2.15. The van der Waals surface area contributed by atoms with Crippen LogP contribution in [-0.4, -0.2) is 21.0 Å². The molecule has 0 fully saturated rings. The number of allylic oxidation sites excluding steroid dienone is 2. The van der Waals surface area contributed by atoms with Gasteiger partial charge in [0, 0.05) is 32.4 Å². The number of benzene rings is 3. The third kappa shape index (κ3) is 4.70. The Morgan fingerprint density at radius 1 is 0.939 bits per heavy atom. The third-order valence-electron chi connectivity index (χ3n) is 5.90. The Morgan fingerprint density at radius 3 is 2.52 bits per heavy atom. The third-order valence-corrected chi connectivity index (χ3v) is 6.20. The smallest absolute Gasteiger partial charge is 0.123 e. The molecule has 0 spiro atoms. The number of rotatable bonds is 6. The molecule has 1 aliphatic heterocycles. The number of hydrogen-bond acceptors (Lipinski definition) is 3. The van der Waals surface area contributed by atoms with Gasteiger partial charge in [-0.25, -0.2) is 9.37 Å². The molecule has 6 heteroatoms. The second-order valence-corrected chi connectivity index (χ2v) is 8.66. The van der Waals surface area contributed by atoms with Gasteiger partial charge >= 0.3 is 0 Å². The van der Waals surface area contributed by atoms with Gasteiger partial charge in [-0.1, -0.05) is 60.1 Å². The molecule has 0 bridgehead atoms. The van der Waals surface area contributed by atoms with Crippen LogP contribution in [-0.2, 0) is 19.6 Å². The Labute approximate surface area is 197 Å². The van der Waals surface area contributed by atoms with Crippen molar-refractivity contribution >= 4 is 28.2 Å². The van der Waals surface area contributed by atoms with E-state index in [-0.39, 0.29) is 5.82 Å². The summed E-state index contributed by atoms with van der Waals surface area (Å²) in [4.78, 5) is 6.69. The minimum Gasteiger partial charge on any atom is -0.368 e. The molecule has 0 saturated heterocycles. The molecular formula is C27H24ClFN4. The van der Waals surface area contributed by atoms with Crippen LogP contribution < -0.4 is 5.73 Å². The Hall–Kier alpha value is -3.41. The summed E-state index contributed by atoms with van der Waals surface area (Å²) in [5.41, 5.74) is 12.9. The first-order valence-corrected chi connectivity index (χ1v) is 11.3. The van der Waals surface area contributed by atoms with Crippen molar-refractivity contribution in [2.24, 2.45) is 5.73 Å². The monoisotopic (exact) mass is 458 g/mol. The van der Waals surface area contributed by atoms with Crippen LogP contribution >= 0.6 is 11.6 Å². The lowest BCUT2D eigenvalue weighted by atomic mass is 10.0. The summed E-state index contributed by atoms with van der Waals surface area (Å²) in [6.07, 6.45) is 5.96. The van der Waals surface area contributed by atoms with Crippen LogP contribution in [0.3, 0.4) is 0 Å². The maximum Gasteiger partial charge on any atom is 0.123 e. The maximum absolute atomic E-state index is 13.6. The van der Waals surface area contributed by atoms with Gasteiger partial charge in [0.1, 0.15) is 5.82 Å². The van der Waals surface area contributed by atoms with E-state index in [2.05, 4.69) is 46.3 Å². The molecule has 0 atom stereocenters. The van der Waals surface area contributed by atoms with Crippen molar-refractivity contribution < 1.29 is 4.39 Å². The van der Waals surface area contributed by atoms with Crippen LogP contribution in [0.5, 0.6) is 0 Å². The zero-order valence-corrected chi connectivity index (χ0v) is 18.8. The van der Waals surface area contributed by atoms with Crippen LogP contribution in [0.25, 0.3) is 16.6 Å². The molecule has 3 aromatic carbocycles. The van der Waals surface area contributed by atoms with Gasteiger partial charge < -0.3 is 15.2 Å². The van der Waals surface area contributed by atoms with E-state index in [1.165, 1.54) is 11.6 Å². The summed E-state index contributed by atoms with van der Waals surface area (Å²) < 4.78 is 15.6. The lowest BCUT2D eigenvalue weighted by Gasteiger charge is -2.25. The molecule has 2 heterocycles. The van der Waals surface area contributed by atoms with Gasteiger partial charge in [0.15, 0.2) is 0 Å². The van der Waals surface area contributed by atoms with Crippen molar-refractivity contribution in [3.05, 3.63) is 118 Å². The Kier molecular flexibility index (Phi) is 5.99. The predicted molar refractivity (Wildman–Crippen MR) is 132 cm³/mol. The summed E-state index contributed by atoms with van der Waals surface area (Å²) in [6.45, 7) is 2.65. The van der Waals surface area contributed by atoms with E-state index in [0.29, 0.717) is 18.1 Å². The minimum absolute atomic E-state index is 0.234. The fourth-order valence-electron chi connectivity index (χ4n) is 4.15. The number of hydrogen-bond donors (Lipinski definition) is 1. The van der Waals surface area contributed by atoms with Crippen molar-refractivity contribution in [1.82, 2.24) is 14.5 Å². The molecular weight excluding hydrogens is 435 g/mol. The SMILES string of the molecule is NCc1ccc(CN2C=C(Cl)C(c3ccc4ncn(Cc5cccc(F)c5)c4c3)=CC2)cc1. The van der Waals surface area contributed by atoms with E-state index in [1.54, 1.807) is 18.5 Å². The molecule has 0 radical (unpaired) electrons. The lowest BCUT2D eigenvalue weighted by molar-refractivity contribution is 0.405. The molecule has 0 saturated carbocycles. The molecule has 0 amide bonds. The number of nitrogens with two attached hydrogens (primary N) is 1. The zero-order valence-electron chi connectivity index (χ0n) is 18.1. The highest BCUT2D eigenvalue weighted by Crippen LogP contribution is 2.32. The number of fused-ring (bicyclic) bond motifs is 1. The Morgan fingerprint density at radius 2 is 1.76 bits per heavy atom. The van der Waals surface area contributed by atoms with E-state index >= 15 is 0 Å². The van der Waals surface area contributed by atoms with Crippen LogP contribution in [0.1, 0.15) is 22.3 Å². The van der Waals surface area contributed by atoms with Crippen LogP contribution in [0.2, 0.25) is 0 Å². The lowest BCUT2D eigenvalue weighted by Crippen LogP contribution is -2.20. The van der Waals surface area contributed by atoms with Gasteiger partial charge in [-0.3, -0.25) is 0 Å². The van der Waals surface area contributed by atoms with Crippen molar-refractivity contribution in [3.63, 3.8) is 0 Å². The fourth-order valence-corrected chi connectivity index (χ4v) is 4.48. The normalized spacial score (nSPS) is 13.8. The van der Waals surface area contributed by atoms with Crippen molar-refractivity contribution in [1.29, 1.82) is 0 Å². The topological polar surface area (TPSA) is 47.1 Å².